The van der Waals surface area contributed by atoms with Gasteiger partial charge in [0.1, 0.15) is 10.7 Å². The van der Waals surface area contributed by atoms with Crippen molar-refractivity contribution in [2.24, 2.45) is 0 Å². The predicted octanol–water partition coefficient (Wildman–Crippen LogP) is 2.87. The normalized spacial score (nSPS) is 16.1. The average molecular weight is 320 g/mol. The van der Waals surface area contributed by atoms with Crippen LogP contribution in [0.3, 0.4) is 0 Å². The van der Waals surface area contributed by atoms with Gasteiger partial charge < -0.3 is 5.32 Å². The second-order valence-corrected chi connectivity index (χ2v) is 6.85. The highest BCUT2D eigenvalue weighted by atomic mass is 32.2. The van der Waals surface area contributed by atoms with E-state index in [0.717, 1.165) is 0 Å². The molecule has 22 heavy (non-hydrogen) atoms. The van der Waals surface area contributed by atoms with E-state index >= 15 is 0 Å². The molecular weight excluding hydrogens is 307 g/mol. The number of aryl methyl sites for hydroxylation is 1. The van der Waals surface area contributed by atoms with Gasteiger partial charge in [-0.1, -0.05) is 24.3 Å². The van der Waals surface area contributed by atoms with Crippen molar-refractivity contribution in [3.63, 3.8) is 0 Å². The van der Waals surface area contributed by atoms with Crippen LogP contribution in [0.25, 0.3) is 0 Å². The molecule has 1 heterocycles. The molecule has 0 aromatic heterocycles. The second kappa shape index (κ2) is 5.10. The summed E-state index contributed by atoms with van der Waals surface area (Å²) in [5.74, 6) is -0.483. The first-order valence-corrected chi connectivity index (χ1v) is 8.01. The van der Waals surface area contributed by atoms with E-state index in [0.29, 0.717) is 21.1 Å². The number of hydrogen-bond acceptors (Lipinski definition) is 3. The number of nitrogens with one attached hydrogen (secondary N) is 1. The van der Waals surface area contributed by atoms with E-state index < -0.39 is 21.9 Å². The summed E-state index contributed by atoms with van der Waals surface area (Å²) in [6.45, 7) is 1.50. The number of fused-ring (bicyclic) bond motifs is 1. The third-order valence-electron chi connectivity index (χ3n) is 3.48. The SMILES string of the molecule is Cc1cccc2c1NC(=O)N(Cc1cccc(F)c1)S2(=O)=O. The van der Waals surface area contributed by atoms with Gasteiger partial charge in [0.2, 0.25) is 0 Å². The molecule has 0 unspecified atom stereocenters. The summed E-state index contributed by atoms with van der Waals surface area (Å²) >= 11 is 0. The number of halogens is 1. The van der Waals surface area contributed by atoms with Crippen molar-refractivity contribution >= 4 is 21.7 Å². The summed E-state index contributed by atoms with van der Waals surface area (Å²) < 4.78 is 39.2. The van der Waals surface area contributed by atoms with Crippen LogP contribution in [0.4, 0.5) is 14.9 Å². The zero-order valence-electron chi connectivity index (χ0n) is 11.7. The van der Waals surface area contributed by atoms with Crippen LogP contribution < -0.4 is 5.32 Å². The molecule has 0 saturated carbocycles. The van der Waals surface area contributed by atoms with E-state index in [2.05, 4.69) is 5.32 Å². The number of rotatable bonds is 2. The maximum atomic E-state index is 13.2. The number of amides is 2. The van der Waals surface area contributed by atoms with Crippen molar-refractivity contribution in [1.82, 2.24) is 4.31 Å². The van der Waals surface area contributed by atoms with Crippen LogP contribution in [0, 0.1) is 12.7 Å². The van der Waals surface area contributed by atoms with E-state index in [9.17, 15) is 17.6 Å². The van der Waals surface area contributed by atoms with Gasteiger partial charge in [0.05, 0.1) is 12.2 Å². The summed E-state index contributed by atoms with van der Waals surface area (Å²) in [5, 5.41) is 2.58. The van der Waals surface area contributed by atoms with Crippen LogP contribution in [0.15, 0.2) is 47.4 Å². The number of urea groups is 1. The standard InChI is InChI=1S/C15H13FN2O3S/c1-10-4-2-7-13-14(10)17-15(19)18(22(13,20)21)9-11-5-3-6-12(16)8-11/h2-8H,9H2,1H3,(H,17,19). The van der Waals surface area contributed by atoms with Crippen molar-refractivity contribution in [2.75, 3.05) is 5.32 Å². The number of benzene rings is 2. The molecule has 114 valence electrons. The molecule has 2 aromatic carbocycles. The van der Waals surface area contributed by atoms with Gasteiger partial charge in [-0.15, -0.1) is 0 Å². The maximum Gasteiger partial charge on any atom is 0.336 e. The molecule has 0 bridgehead atoms. The van der Waals surface area contributed by atoms with Crippen molar-refractivity contribution in [3.05, 3.63) is 59.4 Å². The number of nitrogens with zero attached hydrogens (tertiary/aromatic N) is 1. The van der Waals surface area contributed by atoms with Crippen LogP contribution in [-0.2, 0) is 16.6 Å². The fraction of sp³-hybridized carbons (Fsp3) is 0.133. The zero-order valence-corrected chi connectivity index (χ0v) is 12.5. The number of hydrogen-bond donors (Lipinski definition) is 1. The second-order valence-electron chi connectivity index (χ2n) is 5.02. The summed E-state index contributed by atoms with van der Waals surface area (Å²) in [6.07, 6.45) is 0. The van der Waals surface area contributed by atoms with E-state index in [1.54, 1.807) is 25.1 Å². The van der Waals surface area contributed by atoms with Crippen molar-refractivity contribution in [1.29, 1.82) is 0 Å². The first-order chi connectivity index (χ1) is 10.4. The minimum atomic E-state index is -3.97. The highest BCUT2D eigenvalue weighted by Crippen LogP contribution is 2.33. The monoisotopic (exact) mass is 320 g/mol. The van der Waals surface area contributed by atoms with E-state index in [-0.39, 0.29) is 11.4 Å². The summed E-state index contributed by atoms with van der Waals surface area (Å²) in [7, 11) is -3.97. The molecule has 0 fully saturated rings. The molecule has 3 rings (SSSR count). The van der Waals surface area contributed by atoms with Crippen molar-refractivity contribution < 1.29 is 17.6 Å². The first-order valence-electron chi connectivity index (χ1n) is 6.57. The molecule has 0 aliphatic carbocycles. The quantitative estimate of drug-likeness (QED) is 0.925. The van der Waals surface area contributed by atoms with Crippen LogP contribution in [0.2, 0.25) is 0 Å². The van der Waals surface area contributed by atoms with E-state index in [1.807, 2.05) is 0 Å². The summed E-state index contributed by atoms with van der Waals surface area (Å²) in [4.78, 5) is 12.2. The van der Waals surface area contributed by atoms with Crippen LogP contribution in [-0.4, -0.2) is 18.8 Å². The van der Waals surface area contributed by atoms with Gasteiger partial charge in [-0.25, -0.2) is 21.9 Å². The molecule has 0 atom stereocenters. The molecular formula is C15H13FN2O3S. The molecule has 0 saturated heterocycles. The summed E-state index contributed by atoms with van der Waals surface area (Å²) in [6, 6.07) is 9.53. The molecule has 2 aromatic rings. The number of anilines is 1. The van der Waals surface area contributed by atoms with Crippen LogP contribution in [0.5, 0.6) is 0 Å². The Balaban J connectivity index is 2.05. The minimum Gasteiger partial charge on any atom is -0.305 e. The Labute approximate surface area is 127 Å². The lowest BCUT2D eigenvalue weighted by Gasteiger charge is -2.29. The zero-order chi connectivity index (χ0) is 15.9. The largest absolute Gasteiger partial charge is 0.336 e. The Morgan fingerprint density at radius 3 is 2.64 bits per heavy atom. The molecule has 1 N–H and O–H groups in total. The van der Waals surface area contributed by atoms with E-state index in [1.165, 1.54) is 24.3 Å². The molecule has 1 aliphatic heterocycles. The lowest BCUT2D eigenvalue weighted by molar-refractivity contribution is 0.233. The van der Waals surface area contributed by atoms with Gasteiger partial charge in [0.15, 0.2) is 0 Å². The Kier molecular flexibility index (Phi) is 3.37. The lowest BCUT2D eigenvalue weighted by atomic mass is 10.2. The van der Waals surface area contributed by atoms with Crippen LogP contribution in [0.1, 0.15) is 11.1 Å². The number of sulfonamides is 1. The topological polar surface area (TPSA) is 66.5 Å². The van der Waals surface area contributed by atoms with Gasteiger partial charge in [0, 0.05) is 0 Å². The third-order valence-corrected chi connectivity index (χ3v) is 5.25. The first kappa shape index (κ1) is 14.5. The maximum absolute atomic E-state index is 13.2. The Hall–Kier alpha value is -2.41. The predicted molar refractivity (Wildman–Crippen MR) is 79.3 cm³/mol. The van der Waals surface area contributed by atoms with Gasteiger partial charge in [-0.3, -0.25) is 0 Å². The fourth-order valence-corrected chi connectivity index (χ4v) is 3.91. The van der Waals surface area contributed by atoms with Gasteiger partial charge >= 0.3 is 6.03 Å². The Bertz CT molecular complexity index is 865. The third kappa shape index (κ3) is 2.33. The molecule has 2 amide bonds. The average Bonchev–Trinajstić information content (AvgIpc) is 2.45. The molecule has 0 spiro atoms. The number of carbonyl (C=O) groups is 1. The number of para-hydroxylation sites is 1. The van der Waals surface area contributed by atoms with Crippen molar-refractivity contribution in [3.8, 4) is 0 Å². The Morgan fingerprint density at radius 2 is 1.91 bits per heavy atom. The number of carbonyl (C=O) groups excluding carboxylic acids is 1. The highest BCUT2D eigenvalue weighted by molar-refractivity contribution is 7.90. The van der Waals surface area contributed by atoms with Gasteiger partial charge in [-0.2, -0.15) is 0 Å². The Morgan fingerprint density at radius 1 is 1.18 bits per heavy atom. The van der Waals surface area contributed by atoms with Crippen LogP contribution >= 0.6 is 0 Å². The van der Waals surface area contributed by atoms with Gasteiger partial charge in [-0.05, 0) is 36.2 Å². The van der Waals surface area contributed by atoms with E-state index in [4.69, 9.17) is 0 Å². The lowest BCUT2D eigenvalue weighted by Crippen LogP contribution is -2.43. The molecule has 5 nitrogen and oxygen atoms in total. The molecule has 7 heteroatoms. The fourth-order valence-electron chi connectivity index (χ4n) is 2.37. The molecule has 1 aliphatic rings. The smallest absolute Gasteiger partial charge is 0.305 e. The highest BCUT2D eigenvalue weighted by Gasteiger charge is 2.37. The van der Waals surface area contributed by atoms with Gasteiger partial charge in [0.25, 0.3) is 10.0 Å². The molecule has 0 radical (unpaired) electrons. The minimum absolute atomic E-state index is 0.0449. The summed E-state index contributed by atoms with van der Waals surface area (Å²) in [5.41, 5.74) is 1.36. The van der Waals surface area contributed by atoms with Crippen molar-refractivity contribution in [2.45, 2.75) is 18.4 Å².